The van der Waals surface area contributed by atoms with E-state index in [1.54, 1.807) is 0 Å². The topological polar surface area (TPSA) is 30.9 Å². The Morgan fingerprint density at radius 2 is 2.14 bits per heavy atom. The van der Waals surface area contributed by atoms with Crippen molar-refractivity contribution in [2.24, 2.45) is 23.5 Å². The third kappa shape index (κ3) is 2.50. The van der Waals surface area contributed by atoms with Crippen LogP contribution in [-0.4, -0.2) is 10.6 Å². The SMILES string of the molecule is CC(N)Cc1ccc2c(ccn2CC2CC3CCC2C3)c1. The minimum Gasteiger partial charge on any atom is -0.347 e. The van der Waals surface area contributed by atoms with Crippen LogP contribution in [0.5, 0.6) is 0 Å². The Bertz CT molecular complexity index is 640. The first-order valence-electron chi connectivity index (χ1n) is 8.52. The predicted octanol–water partition coefficient (Wildman–Crippen LogP) is 3.97. The Hall–Kier alpha value is -1.28. The number of hydrogen-bond acceptors (Lipinski definition) is 1. The number of fused-ring (bicyclic) bond motifs is 3. The number of rotatable bonds is 4. The minimum absolute atomic E-state index is 0.235. The highest BCUT2D eigenvalue weighted by atomic mass is 15.0. The molecule has 2 bridgehead atoms. The van der Waals surface area contributed by atoms with E-state index in [9.17, 15) is 0 Å². The average Bonchev–Trinajstić information content (AvgIpc) is 3.14. The molecule has 2 aromatic rings. The van der Waals surface area contributed by atoms with Crippen LogP contribution in [0.4, 0.5) is 0 Å². The normalized spacial score (nSPS) is 29.3. The lowest BCUT2D eigenvalue weighted by Gasteiger charge is -2.22. The van der Waals surface area contributed by atoms with Gasteiger partial charge in [0.15, 0.2) is 0 Å². The van der Waals surface area contributed by atoms with Crippen molar-refractivity contribution < 1.29 is 0 Å². The lowest BCUT2D eigenvalue weighted by molar-refractivity contribution is 0.299. The first kappa shape index (κ1) is 13.4. The Morgan fingerprint density at radius 1 is 1.24 bits per heavy atom. The molecule has 0 amide bonds. The van der Waals surface area contributed by atoms with Crippen LogP contribution in [-0.2, 0) is 13.0 Å². The average molecular weight is 282 g/mol. The minimum atomic E-state index is 0.235. The molecule has 1 aromatic carbocycles. The Balaban J connectivity index is 1.56. The van der Waals surface area contributed by atoms with Crippen molar-refractivity contribution in [3.05, 3.63) is 36.0 Å². The van der Waals surface area contributed by atoms with Gasteiger partial charge in [0.2, 0.25) is 0 Å². The van der Waals surface area contributed by atoms with Gasteiger partial charge in [-0.25, -0.2) is 0 Å². The van der Waals surface area contributed by atoms with Gasteiger partial charge < -0.3 is 10.3 Å². The van der Waals surface area contributed by atoms with Crippen LogP contribution in [0.1, 0.15) is 38.2 Å². The highest BCUT2D eigenvalue weighted by molar-refractivity contribution is 5.80. The molecular formula is C19H26N2. The van der Waals surface area contributed by atoms with E-state index in [4.69, 9.17) is 5.73 Å². The molecule has 1 aromatic heterocycles. The lowest BCUT2D eigenvalue weighted by atomic mass is 9.89. The van der Waals surface area contributed by atoms with Gasteiger partial charge in [0.1, 0.15) is 0 Å². The van der Waals surface area contributed by atoms with Crippen molar-refractivity contribution >= 4 is 10.9 Å². The van der Waals surface area contributed by atoms with Crippen LogP contribution in [0.3, 0.4) is 0 Å². The lowest BCUT2D eigenvalue weighted by Crippen LogP contribution is -2.17. The van der Waals surface area contributed by atoms with Crippen LogP contribution < -0.4 is 5.73 Å². The predicted molar refractivity (Wildman–Crippen MR) is 88.2 cm³/mol. The van der Waals surface area contributed by atoms with Gasteiger partial charge in [-0.1, -0.05) is 12.5 Å². The second kappa shape index (κ2) is 5.17. The van der Waals surface area contributed by atoms with Gasteiger partial charge in [-0.3, -0.25) is 0 Å². The van der Waals surface area contributed by atoms with Gasteiger partial charge in [0.25, 0.3) is 0 Å². The Labute approximate surface area is 127 Å². The zero-order chi connectivity index (χ0) is 14.4. The highest BCUT2D eigenvalue weighted by Gasteiger charge is 2.39. The molecule has 1 heterocycles. The van der Waals surface area contributed by atoms with E-state index < -0.39 is 0 Å². The summed E-state index contributed by atoms with van der Waals surface area (Å²) >= 11 is 0. The van der Waals surface area contributed by atoms with Crippen molar-refractivity contribution in [1.82, 2.24) is 4.57 Å². The van der Waals surface area contributed by atoms with Crippen LogP contribution >= 0.6 is 0 Å². The summed E-state index contributed by atoms with van der Waals surface area (Å²) in [4.78, 5) is 0. The Morgan fingerprint density at radius 3 is 2.86 bits per heavy atom. The highest BCUT2D eigenvalue weighted by Crippen LogP contribution is 2.49. The first-order chi connectivity index (χ1) is 10.2. The molecule has 2 heteroatoms. The van der Waals surface area contributed by atoms with Crippen LogP contribution in [0.15, 0.2) is 30.5 Å². The molecule has 0 saturated heterocycles. The summed E-state index contributed by atoms with van der Waals surface area (Å²) < 4.78 is 2.48. The Kier molecular flexibility index (Phi) is 3.30. The number of hydrogen-bond donors (Lipinski definition) is 1. The fourth-order valence-corrected chi connectivity index (χ4v) is 4.76. The van der Waals surface area contributed by atoms with E-state index in [0.717, 1.165) is 24.2 Å². The molecule has 4 atom stereocenters. The van der Waals surface area contributed by atoms with Gasteiger partial charge in [0, 0.05) is 24.3 Å². The molecule has 0 spiro atoms. The van der Waals surface area contributed by atoms with Crippen molar-refractivity contribution in [3.8, 4) is 0 Å². The third-order valence-electron chi connectivity index (χ3n) is 5.71. The van der Waals surface area contributed by atoms with Crippen LogP contribution in [0.25, 0.3) is 10.9 Å². The van der Waals surface area contributed by atoms with E-state index in [0.29, 0.717) is 0 Å². The van der Waals surface area contributed by atoms with Gasteiger partial charge in [-0.2, -0.15) is 0 Å². The fourth-order valence-electron chi connectivity index (χ4n) is 4.76. The summed E-state index contributed by atoms with van der Waals surface area (Å²) in [7, 11) is 0. The van der Waals surface area contributed by atoms with Crippen molar-refractivity contribution in [2.75, 3.05) is 0 Å². The van der Waals surface area contributed by atoms with Gasteiger partial charge >= 0.3 is 0 Å². The summed E-state index contributed by atoms with van der Waals surface area (Å²) in [6.07, 6.45) is 9.19. The molecular weight excluding hydrogens is 256 g/mol. The zero-order valence-corrected chi connectivity index (χ0v) is 13.0. The number of aromatic nitrogens is 1. The molecule has 21 heavy (non-hydrogen) atoms. The van der Waals surface area contributed by atoms with Gasteiger partial charge in [0.05, 0.1) is 0 Å². The maximum absolute atomic E-state index is 5.91. The molecule has 2 saturated carbocycles. The van der Waals surface area contributed by atoms with E-state index in [-0.39, 0.29) is 6.04 Å². The van der Waals surface area contributed by atoms with E-state index >= 15 is 0 Å². The monoisotopic (exact) mass is 282 g/mol. The number of nitrogens with zero attached hydrogens (tertiary/aromatic N) is 1. The molecule has 2 nitrogen and oxygen atoms in total. The third-order valence-corrected chi connectivity index (χ3v) is 5.71. The molecule has 2 fully saturated rings. The number of nitrogens with two attached hydrogens (primary N) is 1. The standard InChI is InChI=1S/C19H26N2/c1-13(20)8-14-3-5-19-17(10-14)6-7-21(19)12-18-11-15-2-4-16(18)9-15/h3,5-7,10,13,15-16,18H,2,4,8-9,11-12,20H2,1H3. The van der Waals surface area contributed by atoms with Gasteiger partial charge in [-0.05, 0) is 79.5 Å². The summed E-state index contributed by atoms with van der Waals surface area (Å²) in [5.74, 6) is 2.97. The summed E-state index contributed by atoms with van der Waals surface area (Å²) in [6, 6.07) is 9.37. The van der Waals surface area contributed by atoms with Crippen molar-refractivity contribution in [1.29, 1.82) is 0 Å². The van der Waals surface area contributed by atoms with E-state index in [2.05, 4.69) is 42.0 Å². The molecule has 4 rings (SSSR count). The molecule has 0 radical (unpaired) electrons. The van der Waals surface area contributed by atoms with Crippen LogP contribution in [0, 0.1) is 17.8 Å². The number of benzene rings is 1. The quantitative estimate of drug-likeness (QED) is 0.904. The maximum atomic E-state index is 5.91. The van der Waals surface area contributed by atoms with E-state index in [1.165, 1.54) is 48.7 Å². The first-order valence-corrected chi connectivity index (χ1v) is 8.52. The summed E-state index contributed by atoms with van der Waals surface area (Å²) in [6.45, 7) is 3.29. The molecule has 2 aliphatic carbocycles. The second-order valence-corrected chi connectivity index (χ2v) is 7.48. The van der Waals surface area contributed by atoms with Crippen molar-refractivity contribution in [2.45, 2.75) is 51.6 Å². The molecule has 2 aliphatic rings. The summed E-state index contributed by atoms with van der Waals surface area (Å²) in [5.41, 5.74) is 8.66. The zero-order valence-electron chi connectivity index (χ0n) is 13.0. The smallest absolute Gasteiger partial charge is 0.0480 e. The van der Waals surface area contributed by atoms with Crippen molar-refractivity contribution in [3.63, 3.8) is 0 Å². The van der Waals surface area contributed by atoms with Gasteiger partial charge in [-0.15, -0.1) is 0 Å². The molecule has 2 N–H and O–H groups in total. The van der Waals surface area contributed by atoms with E-state index in [1.807, 2.05) is 0 Å². The maximum Gasteiger partial charge on any atom is 0.0480 e. The molecule has 0 aliphatic heterocycles. The fraction of sp³-hybridized carbons (Fsp3) is 0.579. The van der Waals surface area contributed by atoms with Crippen LogP contribution in [0.2, 0.25) is 0 Å². The molecule has 4 unspecified atom stereocenters. The summed E-state index contributed by atoms with van der Waals surface area (Å²) in [5, 5.41) is 1.37. The molecule has 112 valence electrons. The largest absolute Gasteiger partial charge is 0.347 e. The second-order valence-electron chi connectivity index (χ2n) is 7.48.